The molecule has 0 spiro atoms. The van der Waals surface area contributed by atoms with Gasteiger partial charge in [0, 0.05) is 11.4 Å². The van der Waals surface area contributed by atoms with Gasteiger partial charge in [-0.3, -0.25) is 0 Å². The fraction of sp³-hybridized carbons (Fsp3) is 0.235. The molecule has 2 amide bonds. The first-order chi connectivity index (χ1) is 9.49. The molecule has 104 valence electrons. The number of benzene rings is 2. The molecular weight excluding hydrogens is 248 g/mol. The van der Waals surface area contributed by atoms with Crippen LogP contribution in [0.2, 0.25) is 0 Å². The van der Waals surface area contributed by atoms with Crippen molar-refractivity contribution in [3.05, 3.63) is 58.7 Å². The molecular formula is C17H20N2O. The van der Waals surface area contributed by atoms with Gasteiger partial charge in [0.1, 0.15) is 0 Å². The van der Waals surface area contributed by atoms with E-state index in [2.05, 4.69) is 10.6 Å². The van der Waals surface area contributed by atoms with Crippen LogP contribution in [0.5, 0.6) is 0 Å². The van der Waals surface area contributed by atoms with Crippen LogP contribution < -0.4 is 10.6 Å². The van der Waals surface area contributed by atoms with Crippen LogP contribution in [0, 0.1) is 27.7 Å². The average Bonchev–Trinajstić information content (AvgIpc) is 2.39. The van der Waals surface area contributed by atoms with Gasteiger partial charge in [-0.05, 0) is 56.0 Å². The van der Waals surface area contributed by atoms with Gasteiger partial charge < -0.3 is 10.6 Å². The summed E-state index contributed by atoms with van der Waals surface area (Å²) < 4.78 is 0. The van der Waals surface area contributed by atoms with Crippen LogP contribution in [-0.2, 0) is 0 Å². The predicted molar refractivity (Wildman–Crippen MR) is 84.5 cm³/mol. The Kier molecular flexibility index (Phi) is 4.08. The van der Waals surface area contributed by atoms with E-state index in [9.17, 15) is 4.79 Å². The van der Waals surface area contributed by atoms with Crippen molar-refractivity contribution in [1.82, 2.24) is 0 Å². The van der Waals surface area contributed by atoms with Crippen LogP contribution in [0.3, 0.4) is 0 Å². The second-order valence-corrected chi connectivity index (χ2v) is 5.09. The topological polar surface area (TPSA) is 41.1 Å². The smallest absolute Gasteiger partial charge is 0.307 e. The second kappa shape index (κ2) is 5.78. The maximum atomic E-state index is 12.1. The molecule has 0 saturated carbocycles. The second-order valence-electron chi connectivity index (χ2n) is 5.09. The van der Waals surface area contributed by atoms with Crippen molar-refractivity contribution in [3.8, 4) is 0 Å². The highest BCUT2D eigenvalue weighted by molar-refractivity contribution is 6.01. The van der Waals surface area contributed by atoms with E-state index in [4.69, 9.17) is 0 Å². The minimum atomic E-state index is -0.212. The summed E-state index contributed by atoms with van der Waals surface area (Å²) in [4.78, 5) is 12.1. The summed E-state index contributed by atoms with van der Waals surface area (Å²) in [6, 6.07) is 11.6. The van der Waals surface area contributed by atoms with Crippen molar-refractivity contribution < 1.29 is 4.79 Å². The van der Waals surface area contributed by atoms with Crippen LogP contribution in [-0.4, -0.2) is 6.03 Å². The lowest BCUT2D eigenvalue weighted by atomic mass is 10.1. The van der Waals surface area contributed by atoms with E-state index in [1.807, 2.05) is 64.1 Å². The molecule has 0 aliphatic heterocycles. The Labute approximate surface area is 120 Å². The van der Waals surface area contributed by atoms with Gasteiger partial charge in [0.25, 0.3) is 0 Å². The minimum absolute atomic E-state index is 0.212. The van der Waals surface area contributed by atoms with Crippen molar-refractivity contribution in [2.45, 2.75) is 27.7 Å². The normalized spacial score (nSPS) is 10.2. The van der Waals surface area contributed by atoms with Crippen LogP contribution >= 0.6 is 0 Å². The molecule has 0 bridgehead atoms. The zero-order chi connectivity index (χ0) is 14.7. The van der Waals surface area contributed by atoms with Crippen LogP contribution in [0.15, 0.2) is 36.4 Å². The van der Waals surface area contributed by atoms with Gasteiger partial charge in [-0.25, -0.2) is 4.79 Å². The van der Waals surface area contributed by atoms with Gasteiger partial charge in [0.15, 0.2) is 0 Å². The Balaban J connectivity index is 2.16. The molecule has 0 aliphatic carbocycles. The lowest BCUT2D eigenvalue weighted by Gasteiger charge is -2.14. The maximum Gasteiger partial charge on any atom is 0.323 e. The molecule has 0 fully saturated rings. The summed E-state index contributed by atoms with van der Waals surface area (Å²) in [5.74, 6) is 0. The maximum absolute atomic E-state index is 12.1. The molecule has 2 aromatic rings. The molecule has 0 aliphatic rings. The molecule has 0 unspecified atom stereocenters. The zero-order valence-electron chi connectivity index (χ0n) is 12.4. The lowest BCUT2D eigenvalue weighted by Crippen LogP contribution is -2.21. The van der Waals surface area contributed by atoms with Crippen molar-refractivity contribution in [2.75, 3.05) is 10.6 Å². The quantitative estimate of drug-likeness (QED) is 0.823. The number of rotatable bonds is 2. The van der Waals surface area contributed by atoms with Gasteiger partial charge in [0.2, 0.25) is 0 Å². The minimum Gasteiger partial charge on any atom is -0.307 e. The van der Waals surface area contributed by atoms with E-state index in [-0.39, 0.29) is 6.03 Å². The van der Waals surface area contributed by atoms with Gasteiger partial charge in [-0.15, -0.1) is 0 Å². The van der Waals surface area contributed by atoms with Crippen molar-refractivity contribution in [3.63, 3.8) is 0 Å². The average molecular weight is 268 g/mol. The van der Waals surface area contributed by atoms with E-state index in [1.54, 1.807) is 0 Å². The number of carbonyl (C=O) groups is 1. The first-order valence-electron chi connectivity index (χ1n) is 6.69. The number of anilines is 2. The summed E-state index contributed by atoms with van der Waals surface area (Å²) in [7, 11) is 0. The van der Waals surface area contributed by atoms with E-state index >= 15 is 0 Å². The number of urea groups is 1. The number of carbonyl (C=O) groups excluding carboxylic acids is 1. The van der Waals surface area contributed by atoms with Crippen LogP contribution in [0.4, 0.5) is 16.2 Å². The Morgan fingerprint density at radius 2 is 1.35 bits per heavy atom. The number of hydrogen-bond donors (Lipinski definition) is 2. The zero-order valence-corrected chi connectivity index (χ0v) is 12.4. The summed E-state index contributed by atoms with van der Waals surface area (Å²) in [6.45, 7) is 8.01. The highest BCUT2D eigenvalue weighted by Crippen LogP contribution is 2.21. The first kappa shape index (κ1) is 14.1. The van der Waals surface area contributed by atoms with Crippen molar-refractivity contribution in [2.24, 2.45) is 0 Å². The molecule has 20 heavy (non-hydrogen) atoms. The Bertz CT molecular complexity index is 627. The molecule has 0 saturated heterocycles. The Morgan fingerprint density at radius 1 is 0.800 bits per heavy atom. The van der Waals surface area contributed by atoms with Gasteiger partial charge >= 0.3 is 6.03 Å². The molecule has 0 heterocycles. The molecule has 2 N–H and O–H groups in total. The Morgan fingerprint density at radius 3 is 2.00 bits per heavy atom. The molecule has 0 atom stereocenters. The fourth-order valence-corrected chi connectivity index (χ4v) is 2.17. The highest BCUT2D eigenvalue weighted by Gasteiger charge is 2.09. The van der Waals surface area contributed by atoms with Crippen LogP contribution in [0.25, 0.3) is 0 Å². The van der Waals surface area contributed by atoms with E-state index in [0.29, 0.717) is 0 Å². The largest absolute Gasteiger partial charge is 0.323 e. The molecule has 3 heteroatoms. The number of amides is 2. The molecule has 2 aromatic carbocycles. The highest BCUT2D eigenvalue weighted by atomic mass is 16.2. The monoisotopic (exact) mass is 268 g/mol. The summed E-state index contributed by atoms with van der Waals surface area (Å²) in [5, 5.41) is 5.83. The SMILES string of the molecule is Cc1cccc(NC(=O)Nc2c(C)cccc2C)c1C. The summed E-state index contributed by atoms with van der Waals surface area (Å²) in [5.41, 5.74) is 6.07. The number of aryl methyl sites for hydroxylation is 3. The predicted octanol–water partition coefficient (Wildman–Crippen LogP) is 4.56. The third kappa shape index (κ3) is 2.99. The summed E-state index contributed by atoms with van der Waals surface area (Å²) in [6.07, 6.45) is 0. The lowest BCUT2D eigenvalue weighted by molar-refractivity contribution is 0.262. The van der Waals surface area contributed by atoms with E-state index in [1.165, 1.54) is 0 Å². The standard InChI is InChI=1S/C17H20N2O/c1-11-7-6-10-15(14(11)4)18-17(20)19-16-12(2)8-5-9-13(16)3/h5-10H,1-4H3,(H2,18,19,20). The van der Waals surface area contributed by atoms with Crippen molar-refractivity contribution >= 4 is 17.4 Å². The third-order valence-corrected chi connectivity index (χ3v) is 3.57. The Hall–Kier alpha value is -2.29. The van der Waals surface area contributed by atoms with E-state index < -0.39 is 0 Å². The van der Waals surface area contributed by atoms with Gasteiger partial charge in [-0.1, -0.05) is 30.3 Å². The van der Waals surface area contributed by atoms with Gasteiger partial charge in [-0.2, -0.15) is 0 Å². The number of hydrogen-bond acceptors (Lipinski definition) is 1. The third-order valence-electron chi connectivity index (χ3n) is 3.57. The van der Waals surface area contributed by atoms with Crippen molar-refractivity contribution in [1.29, 1.82) is 0 Å². The number of nitrogens with one attached hydrogen (secondary N) is 2. The van der Waals surface area contributed by atoms with Crippen LogP contribution in [0.1, 0.15) is 22.3 Å². The fourth-order valence-electron chi connectivity index (χ4n) is 2.17. The molecule has 3 nitrogen and oxygen atoms in total. The van der Waals surface area contributed by atoms with E-state index in [0.717, 1.165) is 33.6 Å². The number of para-hydroxylation sites is 1. The first-order valence-corrected chi connectivity index (χ1v) is 6.69. The molecule has 0 radical (unpaired) electrons. The van der Waals surface area contributed by atoms with Gasteiger partial charge in [0.05, 0.1) is 0 Å². The molecule has 0 aromatic heterocycles. The molecule has 2 rings (SSSR count). The summed E-state index contributed by atoms with van der Waals surface area (Å²) >= 11 is 0.